The van der Waals surface area contributed by atoms with Gasteiger partial charge in [-0.1, -0.05) is 66.7 Å². The molecule has 2 amide bonds. The molecule has 8 rings (SSSR count). The largest absolute Gasteiger partial charge is 0.493 e. The zero-order chi connectivity index (χ0) is 41.9. The number of hydrogen-bond acceptors (Lipinski definition) is 9. The lowest BCUT2D eigenvalue weighted by atomic mass is 9.91. The molecule has 0 radical (unpaired) electrons. The van der Waals surface area contributed by atoms with Crippen molar-refractivity contribution in [1.82, 2.24) is 20.2 Å². The van der Waals surface area contributed by atoms with Crippen molar-refractivity contribution >= 4 is 17.8 Å². The molecule has 0 bridgehead atoms. The highest BCUT2D eigenvalue weighted by molar-refractivity contribution is 5.98. The minimum absolute atomic E-state index is 0.0401. The quantitative estimate of drug-likeness (QED) is 0.127. The Balaban J connectivity index is 0.987. The van der Waals surface area contributed by atoms with Crippen LogP contribution < -0.4 is 19.5 Å². The van der Waals surface area contributed by atoms with Crippen LogP contribution in [0.4, 0.5) is 0 Å². The van der Waals surface area contributed by atoms with Crippen molar-refractivity contribution in [3.8, 4) is 28.4 Å². The number of carboxylic acids is 1. The molecule has 3 unspecified atom stereocenters. The van der Waals surface area contributed by atoms with Gasteiger partial charge in [0.1, 0.15) is 30.2 Å². The first-order valence-corrected chi connectivity index (χ1v) is 20.0. The highest BCUT2D eigenvalue weighted by atomic mass is 16.6. The van der Waals surface area contributed by atoms with Gasteiger partial charge in [-0.2, -0.15) is 0 Å². The number of oxazole rings is 1. The summed E-state index contributed by atoms with van der Waals surface area (Å²) in [5, 5.41) is 13.0. The number of hydrogen-bond donors (Lipinski definition) is 2. The maximum atomic E-state index is 14.2. The average molecular weight is 807 g/mol. The molecule has 2 aromatic heterocycles. The van der Waals surface area contributed by atoms with Crippen LogP contribution in [0.1, 0.15) is 67.3 Å². The van der Waals surface area contributed by atoms with E-state index in [0.29, 0.717) is 29.8 Å². The van der Waals surface area contributed by atoms with Crippen LogP contribution in [-0.4, -0.2) is 63.1 Å². The molecule has 0 saturated carbocycles. The van der Waals surface area contributed by atoms with Crippen molar-refractivity contribution in [3.05, 3.63) is 160 Å². The molecule has 2 aliphatic rings. The monoisotopic (exact) mass is 806 g/mol. The van der Waals surface area contributed by atoms with Crippen LogP contribution in [0, 0.1) is 27.7 Å². The number of carbonyl (C=O) groups is 3. The number of aromatic nitrogens is 2. The number of fused-ring (bicyclic) bond motifs is 2. The molecule has 0 aliphatic carbocycles. The van der Waals surface area contributed by atoms with E-state index >= 15 is 0 Å². The van der Waals surface area contributed by atoms with Crippen molar-refractivity contribution < 1.29 is 38.1 Å². The van der Waals surface area contributed by atoms with Gasteiger partial charge in [-0.05, 0) is 95.6 Å². The van der Waals surface area contributed by atoms with Crippen LogP contribution in [0.15, 0.2) is 108 Å². The lowest BCUT2D eigenvalue weighted by Gasteiger charge is -2.37. The second-order valence-electron chi connectivity index (χ2n) is 15.3. The van der Waals surface area contributed by atoms with Crippen molar-refractivity contribution in [2.45, 2.75) is 71.7 Å². The Bertz CT molecular complexity index is 2540. The fourth-order valence-electron chi connectivity index (χ4n) is 7.81. The molecule has 2 aliphatic heterocycles. The van der Waals surface area contributed by atoms with Gasteiger partial charge in [-0.25, -0.2) is 9.78 Å². The molecule has 0 saturated heterocycles. The maximum Gasteiger partial charge on any atom is 0.326 e. The molecule has 6 aromatic rings. The fraction of sp³-hybridized carbons (Fsp3) is 0.271. The first kappa shape index (κ1) is 39.9. The number of carbonyl (C=O) groups excluding carboxylic acids is 2. The van der Waals surface area contributed by atoms with Crippen LogP contribution in [0.25, 0.3) is 11.1 Å². The van der Waals surface area contributed by atoms with Crippen LogP contribution in [0.5, 0.6) is 17.2 Å². The topological polar surface area (TPSA) is 153 Å². The molecule has 2 N–H and O–H groups in total. The van der Waals surface area contributed by atoms with E-state index in [9.17, 15) is 19.5 Å². The first-order chi connectivity index (χ1) is 29.0. The van der Waals surface area contributed by atoms with Crippen LogP contribution in [-0.2, 0) is 35.4 Å². The minimum Gasteiger partial charge on any atom is -0.493 e. The van der Waals surface area contributed by atoms with E-state index in [1.54, 1.807) is 20.0 Å². The summed E-state index contributed by atoms with van der Waals surface area (Å²) in [5.41, 5.74) is 8.53. The number of benzene rings is 4. The molecule has 4 heterocycles. The number of ether oxygens (including phenoxy) is 3. The molecule has 12 nitrogen and oxygen atoms in total. The summed E-state index contributed by atoms with van der Waals surface area (Å²) in [7, 11) is 0. The summed E-state index contributed by atoms with van der Waals surface area (Å²) >= 11 is 0. The predicted molar refractivity (Wildman–Crippen MR) is 223 cm³/mol. The van der Waals surface area contributed by atoms with E-state index in [0.717, 1.165) is 56.8 Å². The molecule has 4 aromatic carbocycles. The van der Waals surface area contributed by atoms with Gasteiger partial charge in [0, 0.05) is 44.6 Å². The lowest BCUT2D eigenvalue weighted by Crippen LogP contribution is -2.56. The standard InChI is InChI=1S/C48H46N4O8/c1-28-29(2)49-20-18-39(28)34-12-10-33(11-13-34)22-40(48(55)56)51-46(53)41-23-36-24-42-43(25-37(36)26-52(41)47(54)45-30(3)59-31(4)50-45)60-44(27-58-42)35-14-16-38(17-15-35)57-21-19-32-8-6-5-7-9-32/h5-18,20,24-25,40-41,44H,19,21-23,26-27H2,1-4H3,(H,51,53)(H,55,56). The molecule has 0 fully saturated rings. The molecular formula is C48H46N4O8. The summed E-state index contributed by atoms with van der Waals surface area (Å²) < 4.78 is 24.3. The summed E-state index contributed by atoms with van der Waals surface area (Å²) in [6.45, 7) is 8.14. The van der Waals surface area contributed by atoms with Gasteiger partial charge in [-0.15, -0.1) is 0 Å². The Hall–Kier alpha value is -6.95. The summed E-state index contributed by atoms with van der Waals surface area (Å²) in [5.74, 6) is 0.155. The van der Waals surface area contributed by atoms with E-state index in [2.05, 4.69) is 27.4 Å². The summed E-state index contributed by atoms with van der Waals surface area (Å²) in [6, 6.07) is 28.9. The summed E-state index contributed by atoms with van der Waals surface area (Å²) in [6.07, 6.45) is 2.34. The zero-order valence-corrected chi connectivity index (χ0v) is 33.9. The maximum absolute atomic E-state index is 14.2. The van der Waals surface area contributed by atoms with Gasteiger partial charge in [0.2, 0.25) is 5.91 Å². The van der Waals surface area contributed by atoms with Crippen molar-refractivity contribution in [2.75, 3.05) is 13.2 Å². The Morgan fingerprint density at radius 3 is 2.37 bits per heavy atom. The highest BCUT2D eigenvalue weighted by Gasteiger charge is 2.39. The highest BCUT2D eigenvalue weighted by Crippen LogP contribution is 2.41. The number of pyridine rings is 1. The van der Waals surface area contributed by atoms with Crippen molar-refractivity contribution in [1.29, 1.82) is 0 Å². The third-order valence-corrected chi connectivity index (χ3v) is 11.3. The van der Waals surface area contributed by atoms with Crippen molar-refractivity contribution in [3.63, 3.8) is 0 Å². The third kappa shape index (κ3) is 8.58. The third-order valence-electron chi connectivity index (χ3n) is 11.3. The fourth-order valence-corrected chi connectivity index (χ4v) is 7.81. The Morgan fingerprint density at radius 1 is 0.900 bits per heavy atom. The van der Waals surface area contributed by atoms with Crippen LogP contribution in [0.2, 0.25) is 0 Å². The second-order valence-corrected chi connectivity index (χ2v) is 15.3. The Kier molecular flexibility index (Phi) is 11.4. The predicted octanol–water partition coefficient (Wildman–Crippen LogP) is 7.48. The SMILES string of the molecule is Cc1nc(C(=O)N2Cc3cc4c(cc3CC2C(=O)NC(Cc2ccc(-c3ccnc(C)c3C)cc2)C(=O)O)OCC(c2ccc(OCCc3ccccc3)cc2)O4)c(C)o1. The smallest absolute Gasteiger partial charge is 0.326 e. The molecule has 3 atom stereocenters. The molecule has 60 heavy (non-hydrogen) atoms. The van der Waals surface area contributed by atoms with E-state index in [1.165, 1.54) is 10.5 Å². The van der Waals surface area contributed by atoms with Gasteiger partial charge < -0.3 is 34.0 Å². The molecule has 0 spiro atoms. The van der Waals surface area contributed by atoms with Crippen molar-refractivity contribution in [2.24, 2.45) is 0 Å². The number of aryl methyl sites for hydroxylation is 3. The van der Waals surface area contributed by atoms with Gasteiger partial charge in [0.15, 0.2) is 29.2 Å². The van der Waals surface area contributed by atoms with Crippen LogP contribution in [0.3, 0.4) is 0 Å². The number of rotatable bonds is 12. The summed E-state index contributed by atoms with van der Waals surface area (Å²) in [4.78, 5) is 51.1. The van der Waals surface area contributed by atoms with Gasteiger partial charge in [-0.3, -0.25) is 14.6 Å². The van der Waals surface area contributed by atoms with E-state index in [4.69, 9.17) is 18.6 Å². The van der Waals surface area contributed by atoms with Gasteiger partial charge in [0.25, 0.3) is 5.91 Å². The van der Waals surface area contributed by atoms with Gasteiger partial charge in [0.05, 0.1) is 6.61 Å². The van der Waals surface area contributed by atoms with E-state index in [-0.39, 0.29) is 37.8 Å². The molecular weight excluding hydrogens is 761 g/mol. The average Bonchev–Trinajstić information content (AvgIpc) is 3.60. The number of carboxylic acid groups (broad SMARTS) is 1. The van der Waals surface area contributed by atoms with Gasteiger partial charge >= 0.3 is 5.97 Å². The second kappa shape index (κ2) is 17.1. The lowest BCUT2D eigenvalue weighted by molar-refractivity contribution is -0.142. The van der Waals surface area contributed by atoms with E-state index in [1.807, 2.05) is 98.8 Å². The van der Waals surface area contributed by atoms with E-state index < -0.39 is 29.9 Å². The molecule has 306 valence electrons. The molecule has 12 heteroatoms. The minimum atomic E-state index is -1.25. The number of aliphatic carboxylic acids is 1. The number of amides is 2. The number of nitrogens with one attached hydrogen (secondary N) is 1. The van der Waals surface area contributed by atoms with Crippen LogP contribution >= 0.6 is 0 Å². The normalized spacial score (nSPS) is 16.1. The first-order valence-electron chi connectivity index (χ1n) is 20.0. The Morgan fingerprint density at radius 2 is 1.65 bits per heavy atom. The zero-order valence-electron chi connectivity index (χ0n) is 33.9. The number of nitrogens with zero attached hydrogens (tertiary/aromatic N) is 3. The Labute approximate surface area is 348 Å².